The summed E-state index contributed by atoms with van der Waals surface area (Å²) in [5.41, 5.74) is 5.35. The van der Waals surface area contributed by atoms with E-state index >= 15 is 0 Å². The molecule has 0 spiro atoms. The number of aromatic nitrogens is 4. The lowest BCUT2D eigenvalue weighted by molar-refractivity contribution is 0.0711. The van der Waals surface area contributed by atoms with Crippen molar-refractivity contribution in [2.24, 2.45) is 0 Å². The monoisotopic (exact) mass is 433 g/mol. The molecular weight excluding hydrogens is 410 g/mol. The predicted octanol–water partition coefficient (Wildman–Crippen LogP) is 5.04. The van der Waals surface area contributed by atoms with Crippen LogP contribution in [0.25, 0.3) is 16.7 Å². The Morgan fingerprint density at radius 3 is 2.42 bits per heavy atom. The van der Waals surface area contributed by atoms with Gasteiger partial charge in [-0.3, -0.25) is 4.79 Å². The first kappa shape index (κ1) is 19.8. The number of piperidine rings is 1. The van der Waals surface area contributed by atoms with Crippen molar-refractivity contribution >= 4 is 28.5 Å². The number of hydrogen-bond donors (Lipinski definition) is 1. The molecule has 6 nitrogen and oxygen atoms in total. The lowest BCUT2D eigenvalue weighted by Crippen LogP contribution is -2.38. The molecular formula is C24H24ClN5O. The van der Waals surface area contributed by atoms with Crippen LogP contribution in [-0.4, -0.2) is 43.6 Å². The average Bonchev–Trinajstić information content (AvgIpc) is 3.35. The highest BCUT2D eigenvalue weighted by Gasteiger charge is 2.26. The minimum Gasteiger partial charge on any atom is -0.342 e. The van der Waals surface area contributed by atoms with Crippen molar-refractivity contribution in [1.29, 1.82) is 0 Å². The smallest absolute Gasteiger partial charge is 0.253 e. The summed E-state index contributed by atoms with van der Waals surface area (Å²) < 4.78 is 1.81. The molecule has 2 aromatic heterocycles. The predicted molar refractivity (Wildman–Crippen MR) is 122 cm³/mol. The summed E-state index contributed by atoms with van der Waals surface area (Å²) in [7, 11) is 0. The van der Waals surface area contributed by atoms with Crippen LogP contribution in [0.3, 0.4) is 0 Å². The summed E-state index contributed by atoms with van der Waals surface area (Å²) in [4.78, 5) is 23.1. The SMILES string of the molecule is Cc1nn(-c2ccc(C(=O)N3CCC(c4nc5ccccc5[nH]4)CC3)cc2)c(C)c1Cl. The van der Waals surface area contributed by atoms with E-state index in [2.05, 4.69) is 10.1 Å². The summed E-state index contributed by atoms with van der Waals surface area (Å²) in [6, 6.07) is 15.7. The molecule has 0 atom stereocenters. The highest BCUT2D eigenvalue weighted by Crippen LogP contribution is 2.29. The number of carbonyl (C=O) groups excluding carboxylic acids is 1. The lowest BCUT2D eigenvalue weighted by Gasteiger charge is -2.31. The standard InChI is InChI=1S/C24H24ClN5O/c1-15-22(25)16(2)30(28-15)19-9-7-18(8-10-19)24(31)29-13-11-17(12-14-29)23-26-20-5-3-4-6-21(20)27-23/h3-10,17H,11-14H2,1-2H3,(H,26,27). The van der Waals surface area contributed by atoms with Crippen molar-refractivity contribution in [3.05, 3.63) is 76.3 Å². The minimum atomic E-state index is 0.0704. The van der Waals surface area contributed by atoms with Crippen molar-refractivity contribution in [1.82, 2.24) is 24.6 Å². The van der Waals surface area contributed by atoms with Crippen LogP contribution in [-0.2, 0) is 0 Å². The molecule has 3 heterocycles. The Labute approximate surface area is 185 Å². The van der Waals surface area contributed by atoms with Crippen LogP contribution in [0.1, 0.15) is 46.3 Å². The van der Waals surface area contributed by atoms with Crippen molar-refractivity contribution in [2.75, 3.05) is 13.1 Å². The molecule has 31 heavy (non-hydrogen) atoms. The molecule has 1 saturated heterocycles. The molecule has 7 heteroatoms. The van der Waals surface area contributed by atoms with Gasteiger partial charge in [0.25, 0.3) is 5.91 Å². The number of halogens is 1. The first-order valence-corrected chi connectivity index (χ1v) is 10.9. The molecule has 2 aromatic carbocycles. The van der Waals surface area contributed by atoms with E-state index in [1.54, 1.807) is 0 Å². The molecule has 0 radical (unpaired) electrons. The van der Waals surface area contributed by atoms with E-state index in [-0.39, 0.29) is 5.91 Å². The van der Waals surface area contributed by atoms with Crippen LogP contribution in [0.2, 0.25) is 5.02 Å². The summed E-state index contributed by atoms with van der Waals surface area (Å²) in [6.07, 6.45) is 1.82. The van der Waals surface area contributed by atoms with Crippen molar-refractivity contribution < 1.29 is 4.79 Å². The molecule has 0 unspecified atom stereocenters. The van der Waals surface area contributed by atoms with Gasteiger partial charge in [0.1, 0.15) is 5.82 Å². The second-order valence-corrected chi connectivity index (χ2v) is 8.53. The van der Waals surface area contributed by atoms with Crippen LogP contribution in [0.15, 0.2) is 48.5 Å². The van der Waals surface area contributed by atoms with Gasteiger partial charge in [-0.05, 0) is 63.1 Å². The van der Waals surface area contributed by atoms with Gasteiger partial charge in [-0.2, -0.15) is 5.10 Å². The second-order valence-electron chi connectivity index (χ2n) is 8.15. The number of nitrogens with one attached hydrogen (secondary N) is 1. The summed E-state index contributed by atoms with van der Waals surface area (Å²) >= 11 is 6.26. The number of likely N-dealkylation sites (tertiary alicyclic amines) is 1. The number of para-hydroxylation sites is 2. The van der Waals surface area contributed by atoms with Gasteiger partial charge < -0.3 is 9.88 Å². The topological polar surface area (TPSA) is 66.8 Å². The summed E-state index contributed by atoms with van der Waals surface area (Å²) in [6.45, 7) is 5.29. The number of aromatic amines is 1. The van der Waals surface area contributed by atoms with Crippen LogP contribution in [0.4, 0.5) is 0 Å². The first-order chi connectivity index (χ1) is 15.0. The van der Waals surface area contributed by atoms with E-state index in [1.807, 2.05) is 72.0 Å². The zero-order chi connectivity index (χ0) is 21.5. The van der Waals surface area contributed by atoms with Gasteiger partial charge in [0.2, 0.25) is 0 Å². The molecule has 1 fully saturated rings. The van der Waals surface area contributed by atoms with Gasteiger partial charge in [0, 0.05) is 24.6 Å². The highest BCUT2D eigenvalue weighted by molar-refractivity contribution is 6.31. The van der Waals surface area contributed by atoms with E-state index in [0.29, 0.717) is 16.5 Å². The van der Waals surface area contributed by atoms with E-state index in [9.17, 15) is 4.79 Å². The van der Waals surface area contributed by atoms with E-state index < -0.39 is 0 Å². The number of amides is 1. The number of imidazole rings is 1. The molecule has 5 rings (SSSR count). The average molecular weight is 434 g/mol. The first-order valence-electron chi connectivity index (χ1n) is 10.6. The fraction of sp³-hybridized carbons (Fsp3) is 0.292. The third-order valence-electron chi connectivity index (χ3n) is 6.14. The van der Waals surface area contributed by atoms with Gasteiger partial charge in [-0.1, -0.05) is 23.7 Å². The third kappa shape index (κ3) is 3.61. The largest absolute Gasteiger partial charge is 0.342 e. The van der Waals surface area contributed by atoms with Gasteiger partial charge in [-0.25, -0.2) is 9.67 Å². The molecule has 158 valence electrons. The van der Waals surface area contributed by atoms with E-state index in [0.717, 1.165) is 59.9 Å². The maximum atomic E-state index is 13.0. The number of nitrogens with zero attached hydrogens (tertiary/aromatic N) is 4. The number of rotatable bonds is 3. The number of aryl methyl sites for hydroxylation is 1. The fourth-order valence-corrected chi connectivity index (χ4v) is 4.44. The van der Waals surface area contributed by atoms with Crippen LogP contribution < -0.4 is 0 Å². The molecule has 0 aliphatic carbocycles. The third-order valence-corrected chi connectivity index (χ3v) is 6.69. The lowest BCUT2D eigenvalue weighted by atomic mass is 9.95. The Balaban J connectivity index is 1.26. The van der Waals surface area contributed by atoms with Gasteiger partial charge in [-0.15, -0.1) is 0 Å². The van der Waals surface area contributed by atoms with Gasteiger partial charge in [0.05, 0.1) is 33.1 Å². The Morgan fingerprint density at radius 2 is 1.77 bits per heavy atom. The van der Waals surface area contributed by atoms with E-state index in [4.69, 9.17) is 16.6 Å². The Kier molecular flexibility index (Phi) is 5.02. The maximum Gasteiger partial charge on any atom is 0.253 e. The van der Waals surface area contributed by atoms with Crippen molar-refractivity contribution in [3.8, 4) is 5.69 Å². The quantitative estimate of drug-likeness (QED) is 0.492. The van der Waals surface area contributed by atoms with Crippen molar-refractivity contribution in [2.45, 2.75) is 32.6 Å². The molecule has 4 aromatic rings. The molecule has 1 aliphatic heterocycles. The van der Waals surface area contributed by atoms with Crippen LogP contribution in [0, 0.1) is 13.8 Å². The van der Waals surface area contributed by atoms with Crippen molar-refractivity contribution in [3.63, 3.8) is 0 Å². The molecule has 1 amide bonds. The van der Waals surface area contributed by atoms with Crippen LogP contribution >= 0.6 is 11.6 Å². The normalized spacial score (nSPS) is 15.0. The maximum absolute atomic E-state index is 13.0. The van der Waals surface area contributed by atoms with Gasteiger partial charge in [0.15, 0.2) is 0 Å². The molecule has 0 saturated carbocycles. The molecule has 1 aliphatic rings. The number of fused-ring (bicyclic) bond motifs is 1. The van der Waals surface area contributed by atoms with Gasteiger partial charge >= 0.3 is 0 Å². The number of hydrogen-bond acceptors (Lipinski definition) is 3. The second kappa shape index (κ2) is 7.85. The molecule has 1 N–H and O–H groups in total. The van der Waals surface area contributed by atoms with Crippen LogP contribution in [0.5, 0.6) is 0 Å². The summed E-state index contributed by atoms with van der Waals surface area (Å²) in [5, 5.41) is 5.15. The number of carbonyl (C=O) groups is 1. The summed E-state index contributed by atoms with van der Waals surface area (Å²) in [5.74, 6) is 1.46. The Hall–Kier alpha value is -3.12. The van der Waals surface area contributed by atoms with E-state index in [1.165, 1.54) is 0 Å². The Bertz CT molecular complexity index is 1220. The Morgan fingerprint density at radius 1 is 1.06 bits per heavy atom. The zero-order valence-corrected chi connectivity index (χ0v) is 18.4. The molecule has 0 bridgehead atoms. The highest BCUT2D eigenvalue weighted by atomic mass is 35.5. The fourth-order valence-electron chi connectivity index (χ4n) is 4.32. The minimum absolute atomic E-state index is 0.0704. The number of H-pyrrole nitrogens is 1. The zero-order valence-electron chi connectivity index (χ0n) is 17.6. The number of benzene rings is 2.